The summed E-state index contributed by atoms with van der Waals surface area (Å²) in [5, 5.41) is 10.1. The first-order valence-corrected chi connectivity index (χ1v) is 14.2. The summed E-state index contributed by atoms with van der Waals surface area (Å²) in [5.74, 6) is -0.175. The predicted molar refractivity (Wildman–Crippen MR) is 145 cm³/mol. The zero-order valence-electron chi connectivity index (χ0n) is 21.9. The Morgan fingerprint density at radius 3 is 2.78 bits per heavy atom. The Morgan fingerprint density at radius 2 is 2.11 bits per heavy atom. The molecule has 3 unspecified atom stereocenters. The van der Waals surface area contributed by atoms with E-state index in [1.54, 1.807) is 31.2 Å². The molecule has 3 atom stereocenters. The summed E-state index contributed by atoms with van der Waals surface area (Å²) in [5.41, 5.74) is 4.71. The number of carbonyl (C=O) groups excluding carboxylic acids is 1. The minimum absolute atomic E-state index is 0.0290. The van der Waals surface area contributed by atoms with Crippen molar-refractivity contribution in [1.29, 1.82) is 0 Å². The Labute approximate surface area is 215 Å². The molecule has 1 saturated carbocycles. The molecule has 0 spiro atoms. The Kier molecular flexibility index (Phi) is 9.19. The number of fused-ring (bicyclic) bond motifs is 2. The number of allylic oxidation sites excluding steroid dienone is 5. The lowest BCUT2D eigenvalue weighted by Gasteiger charge is -2.38. The van der Waals surface area contributed by atoms with Gasteiger partial charge >= 0.3 is 5.97 Å². The first-order chi connectivity index (χ1) is 17.0. The third-order valence-corrected chi connectivity index (χ3v) is 9.25. The highest BCUT2D eigenvalue weighted by Crippen LogP contribution is 2.53. The number of rotatable bonds is 12. The van der Waals surface area contributed by atoms with E-state index in [-0.39, 0.29) is 36.0 Å². The Hall–Kier alpha value is -2.42. The van der Waals surface area contributed by atoms with Crippen molar-refractivity contribution in [2.75, 3.05) is 26.0 Å². The van der Waals surface area contributed by atoms with E-state index in [2.05, 4.69) is 41.1 Å². The van der Waals surface area contributed by atoms with Gasteiger partial charge in [-0.25, -0.2) is 8.42 Å². The minimum atomic E-state index is -3.56. The molecule has 36 heavy (non-hydrogen) atoms. The SMILES string of the molecule is C=C(C)n1ccc2c1C=C1CCC(CN(CC(C)O)S(=O)(=O)CC/C=C\C=C/CC(=O)OC)C1(C)C2. The van der Waals surface area contributed by atoms with Crippen LogP contribution >= 0.6 is 0 Å². The highest BCUT2D eigenvalue weighted by molar-refractivity contribution is 7.89. The van der Waals surface area contributed by atoms with Gasteiger partial charge in [0.15, 0.2) is 0 Å². The summed E-state index contributed by atoms with van der Waals surface area (Å²) in [6.45, 7) is 10.5. The molecule has 198 valence electrons. The molecule has 1 aromatic heterocycles. The number of aromatic nitrogens is 1. The fourth-order valence-corrected chi connectivity index (χ4v) is 6.91. The van der Waals surface area contributed by atoms with E-state index in [0.29, 0.717) is 13.0 Å². The van der Waals surface area contributed by atoms with Gasteiger partial charge in [0.2, 0.25) is 10.0 Å². The molecule has 0 saturated heterocycles. The van der Waals surface area contributed by atoms with Crippen LogP contribution in [0.2, 0.25) is 0 Å². The van der Waals surface area contributed by atoms with Gasteiger partial charge in [-0.3, -0.25) is 4.79 Å². The maximum Gasteiger partial charge on any atom is 0.309 e. The number of aliphatic hydroxyl groups is 1. The van der Waals surface area contributed by atoms with Gasteiger partial charge in [-0.2, -0.15) is 4.31 Å². The van der Waals surface area contributed by atoms with Crippen molar-refractivity contribution in [3.8, 4) is 0 Å². The molecule has 0 bridgehead atoms. The van der Waals surface area contributed by atoms with Gasteiger partial charge in [-0.1, -0.05) is 43.4 Å². The summed E-state index contributed by atoms with van der Waals surface area (Å²) in [4.78, 5) is 11.1. The van der Waals surface area contributed by atoms with Gasteiger partial charge in [-0.15, -0.1) is 0 Å². The largest absolute Gasteiger partial charge is 0.469 e. The number of methoxy groups -OCH3 is 1. The summed E-state index contributed by atoms with van der Waals surface area (Å²) < 4.78 is 34.8. The summed E-state index contributed by atoms with van der Waals surface area (Å²) >= 11 is 0. The number of hydrogen-bond donors (Lipinski definition) is 1. The van der Waals surface area contributed by atoms with E-state index in [1.807, 2.05) is 6.92 Å². The number of carbonyl (C=O) groups is 1. The molecule has 1 aromatic rings. The molecule has 2 aliphatic carbocycles. The number of esters is 1. The summed E-state index contributed by atoms with van der Waals surface area (Å²) in [7, 11) is -2.22. The summed E-state index contributed by atoms with van der Waals surface area (Å²) in [6.07, 6.45) is 13.8. The second-order valence-electron chi connectivity index (χ2n) is 10.2. The van der Waals surface area contributed by atoms with Crippen LogP contribution in [0, 0.1) is 11.3 Å². The van der Waals surface area contributed by atoms with Gasteiger partial charge in [0.25, 0.3) is 0 Å². The van der Waals surface area contributed by atoms with Gasteiger partial charge < -0.3 is 14.4 Å². The van der Waals surface area contributed by atoms with E-state index in [9.17, 15) is 18.3 Å². The van der Waals surface area contributed by atoms with Crippen molar-refractivity contribution in [2.24, 2.45) is 11.3 Å². The number of aliphatic hydroxyl groups excluding tert-OH is 1. The molecule has 1 fully saturated rings. The van der Waals surface area contributed by atoms with Gasteiger partial charge in [-0.05, 0) is 68.6 Å². The van der Waals surface area contributed by atoms with Crippen LogP contribution in [0.1, 0.15) is 57.7 Å². The monoisotopic (exact) mass is 516 g/mol. The Balaban J connectivity index is 1.69. The molecule has 7 nitrogen and oxygen atoms in total. The average molecular weight is 517 g/mol. The molecule has 1 heterocycles. The van der Waals surface area contributed by atoms with Crippen LogP contribution < -0.4 is 0 Å². The highest BCUT2D eigenvalue weighted by atomic mass is 32.2. The number of sulfonamides is 1. The quantitative estimate of drug-likeness (QED) is 0.328. The van der Waals surface area contributed by atoms with E-state index in [4.69, 9.17) is 0 Å². The standard InChI is InChI=1S/C28H40N2O5S/c1-21(2)30-15-14-23-18-28(4)24(17-26(23)30)12-13-25(28)20-29(19-22(3)31)36(33,34)16-10-8-6-7-9-11-27(32)35-5/h6-9,14-15,17,22,25,31H,1,10-13,16,18-20H2,2-5H3/b8-6-,9-7-. The first-order valence-electron chi connectivity index (χ1n) is 12.6. The van der Waals surface area contributed by atoms with Crippen molar-refractivity contribution in [3.05, 3.63) is 60.0 Å². The molecule has 0 aromatic carbocycles. The van der Waals surface area contributed by atoms with Crippen LogP contribution in [0.3, 0.4) is 0 Å². The normalized spacial score (nSPS) is 22.6. The average Bonchev–Trinajstić information content (AvgIpc) is 3.35. The topological polar surface area (TPSA) is 88.8 Å². The predicted octanol–water partition coefficient (Wildman–Crippen LogP) is 4.41. The molecular weight excluding hydrogens is 476 g/mol. The van der Waals surface area contributed by atoms with Crippen LogP contribution in [0.5, 0.6) is 0 Å². The maximum absolute atomic E-state index is 13.3. The van der Waals surface area contributed by atoms with E-state index >= 15 is 0 Å². The molecular formula is C28H40N2O5S. The van der Waals surface area contributed by atoms with Gasteiger partial charge in [0.05, 0.1) is 25.4 Å². The molecule has 3 rings (SSSR count). The molecule has 0 radical (unpaired) electrons. The van der Waals surface area contributed by atoms with Crippen molar-refractivity contribution >= 4 is 27.8 Å². The lowest BCUT2D eigenvalue weighted by molar-refractivity contribution is -0.139. The minimum Gasteiger partial charge on any atom is -0.469 e. The number of hydrogen-bond acceptors (Lipinski definition) is 5. The fraction of sp³-hybridized carbons (Fsp3) is 0.536. The second-order valence-corrected chi connectivity index (χ2v) is 12.3. The highest BCUT2D eigenvalue weighted by Gasteiger charge is 2.46. The Morgan fingerprint density at radius 1 is 1.39 bits per heavy atom. The molecule has 0 amide bonds. The molecule has 2 aliphatic rings. The maximum atomic E-state index is 13.3. The second kappa shape index (κ2) is 11.8. The fourth-order valence-electron chi connectivity index (χ4n) is 5.36. The van der Waals surface area contributed by atoms with Gasteiger partial charge in [0.1, 0.15) is 0 Å². The van der Waals surface area contributed by atoms with E-state index in [0.717, 1.165) is 25.0 Å². The molecule has 8 heteroatoms. The Bertz CT molecular complexity index is 1160. The van der Waals surface area contributed by atoms with Crippen LogP contribution in [-0.4, -0.2) is 60.4 Å². The first kappa shape index (κ1) is 28.2. The van der Waals surface area contributed by atoms with Crippen molar-refractivity contribution < 1.29 is 23.1 Å². The van der Waals surface area contributed by atoms with Crippen molar-refractivity contribution in [1.82, 2.24) is 8.87 Å². The zero-order valence-corrected chi connectivity index (χ0v) is 22.8. The number of nitrogens with zero attached hydrogens (tertiary/aromatic N) is 2. The third kappa shape index (κ3) is 6.47. The number of ether oxygens (including phenoxy) is 1. The lowest BCUT2D eigenvalue weighted by atomic mass is 9.70. The van der Waals surface area contributed by atoms with Crippen LogP contribution in [0.4, 0.5) is 0 Å². The molecule has 0 aliphatic heterocycles. The lowest BCUT2D eigenvalue weighted by Crippen LogP contribution is -2.44. The third-order valence-electron chi connectivity index (χ3n) is 7.41. The van der Waals surface area contributed by atoms with Crippen LogP contribution in [0.25, 0.3) is 11.8 Å². The van der Waals surface area contributed by atoms with Crippen molar-refractivity contribution in [2.45, 2.75) is 59.0 Å². The van der Waals surface area contributed by atoms with E-state index in [1.165, 1.54) is 28.2 Å². The van der Waals surface area contributed by atoms with Crippen LogP contribution in [0.15, 0.2) is 48.7 Å². The van der Waals surface area contributed by atoms with Gasteiger partial charge in [0, 0.05) is 30.7 Å². The van der Waals surface area contributed by atoms with E-state index < -0.39 is 16.1 Å². The van der Waals surface area contributed by atoms with Crippen LogP contribution in [-0.2, 0) is 26.0 Å². The smallest absolute Gasteiger partial charge is 0.309 e. The molecule has 1 N–H and O–H groups in total. The zero-order chi connectivity index (χ0) is 26.5. The van der Waals surface area contributed by atoms with Crippen molar-refractivity contribution in [3.63, 3.8) is 0 Å². The summed E-state index contributed by atoms with van der Waals surface area (Å²) in [6, 6.07) is 2.15.